The Kier molecular flexibility index (Phi) is 13.7. The number of nitrogens with zero attached hydrogens (tertiary/aromatic N) is 2. The van der Waals surface area contributed by atoms with Gasteiger partial charge in [-0.25, -0.2) is 4.79 Å². The fourth-order valence-electron chi connectivity index (χ4n) is 2.53. The SMILES string of the molecule is CN=C(NCCCNC(=O)OC(C)(C)C)NCc1ccccc1CN(C)C(C)C.I. The van der Waals surface area contributed by atoms with Crippen molar-refractivity contribution in [2.75, 3.05) is 27.2 Å². The number of amides is 1. The summed E-state index contributed by atoms with van der Waals surface area (Å²) in [7, 11) is 3.90. The molecular formula is C22H40IN5O2. The molecule has 30 heavy (non-hydrogen) atoms. The number of alkyl carbamates (subject to hydrolysis) is 1. The fraction of sp³-hybridized carbons (Fsp3) is 0.636. The maximum absolute atomic E-state index is 11.6. The number of nitrogens with one attached hydrogen (secondary N) is 3. The Morgan fingerprint density at radius 1 is 1.10 bits per heavy atom. The number of aliphatic imine (C=N–C) groups is 1. The topological polar surface area (TPSA) is 78.0 Å². The summed E-state index contributed by atoms with van der Waals surface area (Å²) in [5.74, 6) is 0.745. The van der Waals surface area contributed by atoms with Crippen molar-refractivity contribution >= 4 is 36.0 Å². The molecule has 8 heteroatoms. The van der Waals surface area contributed by atoms with Crippen molar-refractivity contribution in [1.82, 2.24) is 20.9 Å². The van der Waals surface area contributed by atoms with Crippen molar-refractivity contribution in [3.8, 4) is 0 Å². The van der Waals surface area contributed by atoms with Gasteiger partial charge in [0.25, 0.3) is 0 Å². The third kappa shape index (κ3) is 12.2. The van der Waals surface area contributed by atoms with Crippen molar-refractivity contribution < 1.29 is 9.53 Å². The van der Waals surface area contributed by atoms with E-state index in [-0.39, 0.29) is 30.1 Å². The highest BCUT2D eigenvalue weighted by molar-refractivity contribution is 14.0. The molecule has 172 valence electrons. The zero-order chi connectivity index (χ0) is 21.9. The molecule has 1 aromatic rings. The normalized spacial score (nSPS) is 11.8. The molecule has 0 saturated carbocycles. The maximum atomic E-state index is 11.6. The van der Waals surface area contributed by atoms with E-state index in [1.54, 1.807) is 7.05 Å². The predicted octanol–water partition coefficient (Wildman–Crippen LogP) is 3.72. The molecule has 3 N–H and O–H groups in total. The summed E-state index contributed by atoms with van der Waals surface area (Å²) in [6, 6.07) is 8.97. The Bertz CT molecular complexity index is 659. The van der Waals surface area contributed by atoms with Crippen molar-refractivity contribution in [3.05, 3.63) is 35.4 Å². The Morgan fingerprint density at radius 3 is 2.27 bits per heavy atom. The maximum Gasteiger partial charge on any atom is 0.407 e. The summed E-state index contributed by atoms with van der Waals surface area (Å²) in [5.41, 5.74) is 2.09. The molecule has 0 atom stereocenters. The van der Waals surface area contributed by atoms with Crippen molar-refractivity contribution in [1.29, 1.82) is 0 Å². The highest BCUT2D eigenvalue weighted by atomic mass is 127. The molecule has 7 nitrogen and oxygen atoms in total. The molecular weight excluding hydrogens is 493 g/mol. The minimum Gasteiger partial charge on any atom is -0.444 e. The number of hydrogen-bond acceptors (Lipinski definition) is 4. The Morgan fingerprint density at radius 2 is 1.70 bits per heavy atom. The molecule has 0 fully saturated rings. The zero-order valence-corrected chi connectivity index (χ0v) is 21.9. The summed E-state index contributed by atoms with van der Waals surface area (Å²) >= 11 is 0. The number of hydrogen-bond donors (Lipinski definition) is 3. The van der Waals surface area contributed by atoms with Crippen LogP contribution in [0, 0.1) is 0 Å². The van der Waals surface area contributed by atoms with E-state index in [0.29, 0.717) is 25.7 Å². The number of benzene rings is 1. The molecule has 1 amide bonds. The van der Waals surface area contributed by atoms with Crippen LogP contribution < -0.4 is 16.0 Å². The third-order valence-corrected chi connectivity index (χ3v) is 4.40. The van der Waals surface area contributed by atoms with Gasteiger partial charge in [-0.05, 0) is 59.2 Å². The molecule has 0 radical (unpaired) electrons. The lowest BCUT2D eigenvalue weighted by atomic mass is 10.1. The minimum absolute atomic E-state index is 0. The van der Waals surface area contributed by atoms with E-state index in [1.807, 2.05) is 20.8 Å². The van der Waals surface area contributed by atoms with Crippen LogP contribution >= 0.6 is 24.0 Å². The van der Waals surface area contributed by atoms with Gasteiger partial charge in [0, 0.05) is 39.3 Å². The van der Waals surface area contributed by atoms with Gasteiger partial charge in [0.15, 0.2) is 5.96 Å². The van der Waals surface area contributed by atoms with Gasteiger partial charge < -0.3 is 20.7 Å². The van der Waals surface area contributed by atoms with E-state index < -0.39 is 5.60 Å². The Hall–Kier alpha value is -1.55. The lowest BCUT2D eigenvalue weighted by molar-refractivity contribution is 0.0527. The second-order valence-electron chi connectivity index (χ2n) is 8.41. The van der Waals surface area contributed by atoms with Crippen LogP contribution in [-0.4, -0.2) is 55.8 Å². The summed E-state index contributed by atoms with van der Waals surface area (Å²) in [6.45, 7) is 12.8. The first-order valence-corrected chi connectivity index (χ1v) is 10.3. The van der Waals surface area contributed by atoms with Gasteiger partial charge in [0.1, 0.15) is 5.60 Å². The van der Waals surface area contributed by atoms with Crippen LogP contribution in [0.4, 0.5) is 4.79 Å². The van der Waals surface area contributed by atoms with Gasteiger partial charge in [-0.3, -0.25) is 9.89 Å². The average Bonchev–Trinajstić information content (AvgIpc) is 2.63. The number of guanidine groups is 1. The van der Waals surface area contributed by atoms with Gasteiger partial charge >= 0.3 is 6.09 Å². The second kappa shape index (κ2) is 14.5. The Balaban J connectivity index is 0.00000841. The molecule has 0 aliphatic rings. The fourth-order valence-corrected chi connectivity index (χ4v) is 2.53. The third-order valence-electron chi connectivity index (χ3n) is 4.40. The molecule has 0 bridgehead atoms. The monoisotopic (exact) mass is 533 g/mol. The highest BCUT2D eigenvalue weighted by Crippen LogP contribution is 2.12. The first-order chi connectivity index (χ1) is 13.6. The first kappa shape index (κ1) is 28.5. The van der Waals surface area contributed by atoms with Crippen LogP contribution in [0.5, 0.6) is 0 Å². The molecule has 0 saturated heterocycles. The van der Waals surface area contributed by atoms with Crippen LogP contribution in [-0.2, 0) is 17.8 Å². The van der Waals surface area contributed by atoms with Gasteiger partial charge in [-0.2, -0.15) is 0 Å². The molecule has 1 aromatic carbocycles. The number of halogens is 1. The number of rotatable bonds is 9. The molecule has 0 aromatic heterocycles. The molecule has 1 rings (SSSR count). The molecule has 0 aliphatic carbocycles. The van der Waals surface area contributed by atoms with E-state index in [9.17, 15) is 4.79 Å². The van der Waals surface area contributed by atoms with Crippen LogP contribution in [0.25, 0.3) is 0 Å². The van der Waals surface area contributed by atoms with Crippen LogP contribution in [0.2, 0.25) is 0 Å². The Labute approximate surface area is 199 Å². The summed E-state index contributed by atoms with van der Waals surface area (Å²) in [4.78, 5) is 18.2. The minimum atomic E-state index is -0.478. The quantitative estimate of drug-likeness (QED) is 0.195. The van der Waals surface area contributed by atoms with E-state index in [4.69, 9.17) is 4.74 Å². The van der Waals surface area contributed by atoms with Gasteiger partial charge in [0.05, 0.1) is 0 Å². The zero-order valence-electron chi connectivity index (χ0n) is 19.5. The van der Waals surface area contributed by atoms with E-state index in [1.165, 1.54) is 11.1 Å². The molecule has 0 aliphatic heterocycles. The first-order valence-electron chi connectivity index (χ1n) is 10.3. The lowest BCUT2D eigenvalue weighted by Crippen LogP contribution is -2.39. The van der Waals surface area contributed by atoms with Crippen molar-refractivity contribution in [3.63, 3.8) is 0 Å². The van der Waals surface area contributed by atoms with Crippen LogP contribution in [0.1, 0.15) is 52.2 Å². The second-order valence-corrected chi connectivity index (χ2v) is 8.41. The molecule has 0 spiro atoms. The average molecular weight is 533 g/mol. The van der Waals surface area contributed by atoms with E-state index >= 15 is 0 Å². The van der Waals surface area contributed by atoms with E-state index in [0.717, 1.165) is 18.9 Å². The summed E-state index contributed by atoms with van der Waals surface area (Å²) in [6.07, 6.45) is 0.387. The molecule has 0 unspecified atom stereocenters. The largest absolute Gasteiger partial charge is 0.444 e. The van der Waals surface area contributed by atoms with Crippen molar-refractivity contribution in [2.24, 2.45) is 4.99 Å². The van der Waals surface area contributed by atoms with Crippen LogP contribution in [0.3, 0.4) is 0 Å². The lowest BCUT2D eigenvalue weighted by Gasteiger charge is -2.23. The van der Waals surface area contributed by atoms with E-state index in [2.05, 4.69) is 71.0 Å². The number of carbonyl (C=O) groups excluding carboxylic acids is 1. The standard InChI is InChI=1S/C22H39N5O2.HI/c1-17(2)27(7)16-19-12-9-8-11-18(19)15-26-20(23-6)24-13-10-14-25-21(28)29-22(3,4)5;/h8-9,11-12,17H,10,13-16H2,1-7H3,(H,25,28)(H2,23,24,26);1H. The predicted molar refractivity (Wildman–Crippen MR) is 136 cm³/mol. The smallest absolute Gasteiger partial charge is 0.407 e. The number of carbonyl (C=O) groups is 1. The van der Waals surface area contributed by atoms with Crippen LogP contribution in [0.15, 0.2) is 29.3 Å². The summed E-state index contributed by atoms with van der Waals surface area (Å²) in [5, 5.41) is 9.40. The number of ether oxygens (including phenoxy) is 1. The highest BCUT2D eigenvalue weighted by Gasteiger charge is 2.15. The van der Waals surface area contributed by atoms with Gasteiger partial charge in [-0.15, -0.1) is 24.0 Å². The summed E-state index contributed by atoms with van der Waals surface area (Å²) < 4.78 is 5.22. The van der Waals surface area contributed by atoms with Crippen molar-refractivity contribution in [2.45, 2.75) is 65.8 Å². The van der Waals surface area contributed by atoms with Gasteiger partial charge in [0.2, 0.25) is 0 Å². The molecule has 0 heterocycles. The van der Waals surface area contributed by atoms with Gasteiger partial charge in [-0.1, -0.05) is 24.3 Å².